The molecule has 0 amide bonds. The molecular formula is C18H40O3Si4. The van der Waals surface area contributed by atoms with Crippen LogP contribution in [0.4, 0.5) is 0 Å². The summed E-state index contributed by atoms with van der Waals surface area (Å²) in [6, 6.07) is 1.26. The average Bonchev–Trinajstić information content (AvgIpc) is 2.91. The Bertz CT molecular complexity index is 497. The Morgan fingerprint density at radius 2 is 1.36 bits per heavy atom. The van der Waals surface area contributed by atoms with Crippen LogP contribution >= 0.6 is 0 Å². The molecule has 2 aliphatic rings. The SMILES string of the molecule is C[Si](C)(C)O[Si](C)(C)O[Si](C)(C)O[Si](C)(C)CCC1CC2C=CC1C2. The maximum atomic E-state index is 6.72. The summed E-state index contributed by atoms with van der Waals surface area (Å²) in [5, 5.41) is 0. The molecule has 2 bridgehead atoms. The van der Waals surface area contributed by atoms with E-state index in [1.54, 1.807) is 0 Å². The lowest BCUT2D eigenvalue weighted by Gasteiger charge is -2.40. The summed E-state index contributed by atoms with van der Waals surface area (Å²) in [5.74, 6) is 2.63. The van der Waals surface area contributed by atoms with Crippen LogP contribution in [0.15, 0.2) is 12.2 Å². The average molecular weight is 417 g/mol. The Hall–Kier alpha value is 0.488. The molecule has 0 heterocycles. The van der Waals surface area contributed by atoms with E-state index < -0.39 is 33.8 Å². The Labute approximate surface area is 160 Å². The van der Waals surface area contributed by atoms with Crippen molar-refractivity contribution in [2.45, 2.75) is 84.2 Å². The van der Waals surface area contributed by atoms with Crippen molar-refractivity contribution in [3.05, 3.63) is 12.2 Å². The van der Waals surface area contributed by atoms with Gasteiger partial charge in [0.25, 0.3) is 0 Å². The lowest BCUT2D eigenvalue weighted by molar-refractivity contribution is 0.327. The van der Waals surface area contributed by atoms with Crippen LogP contribution < -0.4 is 0 Å². The number of hydrogen-bond donors (Lipinski definition) is 0. The minimum absolute atomic E-state index is 0.854. The molecule has 3 atom stereocenters. The van der Waals surface area contributed by atoms with Gasteiger partial charge in [0.15, 0.2) is 16.6 Å². The largest absolute Gasteiger partial charge is 0.437 e. The van der Waals surface area contributed by atoms with Gasteiger partial charge in [0.1, 0.15) is 0 Å². The number of hydrogen-bond acceptors (Lipinski definition) is 3. The standard InChI is InChI=1S/C18H40O3Si4/c1-22(2,3)19-24(6,7)21-25(8,9)20-23(4,5)13-12-18-15-16-10-11-17(18)14-16/h10-11,16-18H,12-15H2,1-9H3. The molecule has 146 valence electrons. The van der Waals surface area contributed by atoms with Crippen molar-refractivity contribution in [2.75, 3.05) is 0 Å². The van der Waals surface area contributed by atoms with Gasteiger partial charge in [0.2, 0.25) is 0 Å². The Kier molecular flexibility index (Phi) is 6.52. The van der Waals surface area contributed by atoms with E-state index in [9.17, 15) is 0 Å². The van der Waals surface area contributed by atoms with Gasteiger partial charge in [-0.05, 0) is 95.6 Å². The van der Waals surface area contributed by atoms with Gasteiger partial charge in [-0.1, -0.05) is 18.6 Å². The molecule has 0 saturated heterocycles. The quantitative estimate of drug-likeness (QED) is 0.336. The molecule has 0 radical (unpaired) electrons. The second-order valence-corrected chi connectivity index (χ2v) is 26.8. The highest BCUT2D eigenvalue weighted by Crippen LogP contribution is 2.46. The highest BCUT2D eigenvalue weighted by Gasteiger charge is 2.43. The van der Waals surface area contributed by atoms with E-state index in [1.807, 2.05) is 0 Å². The van der Waals surface area contributed by atoms with Crippen LogP contribution in [0.25, 0.3) is 0 Å². The minimum Gasteiger partial charge on any atom is -0.437 e. The van der Waals surface area contributed by atoms with Crippen LogP contribution in [0.5, 0.6) is 0 Å². The normalized spacial score (nSPS) is 27.3. The molecule has 1 fully saturated rings. The zero-order chi connectivity index (χ0) is 19.1. The third kappa shape index (κ3) is 7.19. The van der Waals surface area contributed by atoms with Gasteiger partial charge in [-0.25, -0.2) is 0 Å². The highest BCUT2D eigenvalue weighted by molar-refractivity contribution is 6.89. The molecular weight excluding hydrogens is 377 g/mol. The van der Waals surface area contributed by atoms with Crippen LogP contribution in [0, 0.1) is 17.8 Å². The zero-order valence-electron chi connectivity index (χ0n) is 17.9. The summed E-state index contributed by atoms with van der Waals surface area (Å²) in [4.78, 5) is 0. The van der Waals surface area contributed by atoms with Crippen LogP contribution in [0.2, 0.25) is 65.0 Å². The summed E-state index contributed by atoms with van der Waals surface area (Å²) >= 11 is 0. The van der Waals surface area contributed by atoms with E-state index in [1.165, 1.54) is 25.3 Å². The molecule has 7 heteroatoms. The summed E-state index contributed by atoms with van der Waals surface area (Å²) < 4.78 is 19.6. The topological polar surface area (TPSA) is 27.7 Å². The summed E-state index contributed by atoms with van der Waals surface area (Å²) in [7, 11) is -7.57. The van der Waals surface area contributed by atoms with Crippen molar-refractivity contribution < 1.29 is 12.3 Å². The first-order chi connectivity index (χ1) is 11.2. The third-order valence-corrected chi connectivity index (χ3v) is 19.1. The maximum Gasteiger partial charge on any atom is 0.312 e. The predicted octanol–water partition coefficient (Wildman–Crippen LogP) is 6.08. The third-order valence-electron chi connectivity index (χ3n) is 5.10. The second kappa shape index (κ2) is 7.48. The molecule has 2 aliphatic carbocycles. The number of rotatable bonds is 9. The molecule has 0 N–H and O–H groups in total. The number of allylic oxidation sites excluding steroid dienone is 2. The van der Waals surface area contributed by atoms with Gasteiger partial charge < -0.3 is 12.3 Å². The molecule has 3 nitrogen and oxygen atoms in total. The first-order valence-electron chi connectivity index (χ1n) is 9.95. The van der Waals surface area contributed by atoms with Gasteiger partial charge in [0, 0.05) is 0 Å². The summed E-state index contributed by atoms with van der Waals surface area (Å²) in [6.07, 6.45) is 9.06. The minimum atomic E-state index is -2.16. The van der Waals surface area contributed by atoms with Gasteiger partial charge >= 0.3 is 17.1 Å². The fourth-order valence-corrected chi connectivity index (χ4v) is 23.4. The molecule has 1 saturated carbocycles. The fourth-order valence-electron chi connectivity index (χ4n) is 4.85. The van der Waals surface area contributed by atoms with Gasteiger partial charge in [-0.2, -0.15) is 0 Å². The lowest BCUT2D eigenvalue weighted by atomic mass is 9.91. The molecule has 25 heavy (non-hydrogen) atoms. The van der Waals surface area contributed by atoms with E-state index in [0.29, 0.717) is 0 Å². The summed E-state index contributed by atoms with van der Waals surface area (Å²) in [6.45, 7) is 20.3. The van der Waals surface area contributed by atoms with Crippen molar-refractivity contribution in [1.29, 1.82) is 0 Å². The summed E-state index contributed by atoms with van der Waals surface area (Å²) in [5.41, 5.74) is 0. The van der Waals surface area contributed by atoms with Crippen LogP contribution in [-0.4, -0.2) is 33.8 Å². The molecule has 0 aromatic carbocycles. The first-order valence-corrected chi connectivity index (χ1v) is 22.1. The van der Waals surface area contributed by atoms with Crippen molar-refractivity contribution in [1.82, 2.24) is 0 Å². The predicted molar refractivity (Wildman–Crippen MR) is 117 cm³/mol. The number of fused-ring (bicyclic) bond motifs is 2. The molecule has 2 rings (SSSR count). The van der Waals surface area contributed by atoms with Gasteiger partial charge in [-0.3, -0.25) is 0 Å². The van der Waals surface area contributed by atoms with E-state index in [2.05, 4.69) is 71.1 Å². The lowest BCUT2D eigenvalue weighted by Crippen LogP contribution is -2.55. The fraction of sp³-hybridized carbons (Fsp3) is 0.889. The Morgan fingerprint density at radius 1 is 0.760 bits per heavy atom. The highest BCUT2D eigenvalue weighted by atomic mass is 28.5. The van der Waals surface area contributed by atoms with Crippen LogP contribution in [0.3, 0.4) is 0 Å². The van der Waals surface area contributed by atoms with Crippen molar-refractivity contribution in [3.8, 4) is 0 Å². The van der Waals surface area contributed by atoms with Crippen LogP contribution in [-0.2, 0) is 12.3 Å². The molecule has 0 spiro atoms. The molecule has 0 aliphatic heterocycles. The van der Waals surface area contributed by atoms with Crippen LogP contribution in [0.1, 0.15) is 19.3 Å². The molecule has 3 unspecified atom stereocenters. The molecule has 0 aromatic rings. The van der Waals surface area contributed by atoms with Crippen molar-refractivity contribution in [3.63, 3.8) is 0 Å². The van der Waals surface area contributed by atoms with Gasteiger partial charge in [-0.15, -0.1) is 0 Å². The van der Waals surface area contributed by atoms with E-state index in [0.717, 1.165) is 17.8 Å². The monoisotopic (exact) mass is 416 g/mol. The first kappa shape index (κ1) is 21.8. The van der Waals surface area contributed by atoms with Crippen molar-refractivity contribution >= 4 is 33.8 Å². The zero-order valence-corrected chi connectivity index (χ0v) is 21.9. The van der Waals surface area contributed by atoms with E-state index in [4.69, 9.17) is 12.3 Å². The Balaban J connectivity index is 1.85. The maximum absolute atomic E-state index is 6.72. The van der Waals surface area contributed by atoms with E-state index in [-0.39, 0.29) is 0 Å². The van der Waals surface area contributed by atoms with Crippen molar-refractivity contribution in [2.24, 2.45) is 17.8 Å². The van der Waals surface area contributed by atoms with E-state index >= 15 is 0 Å². The smallest absolute Gasteiger partial charge is 0.312 e. The van der Waals surface area contributed by atoms with Gasteiger partial charge in [0.05, 0.1) is 0 Å². The second-order valence-electron chi connectivity index (χ2n) is 10.6. The Morgan fingerprint density at radius 3 is 1.84 bits per heavy atom. The molecule has 0 aromatic heterocycles.